The summed E-state index contributed by atoms with van der Waals surface area (Å²) in [5.74, 6) is 0.775. The van der Waals surface area contributed by atoms with Gasteiger partial charge in [0.05, 0.1) is 31.8 Å². The molecule has 0 radical (unpaired) electrons. The summed E-state index contributed by atoms with van der Waals surface area (Å²) in [4.78, 5) is 0. The zero-order chi connectivity index (χ0) is 41.8. The molecule has 0 atom stereocenters. The number of hydrogen-bond acceptors (Lipinski definition) is 5. The van der Waals surface area contributed by atoms with Crippen LogP contribution >= 0.6 is 17.0 Å². The topological polar surface area (TPSA) is 46.2 Å². The maximum Gasteiger partial charge on any atom is 0.397 e. The standard InChI is InChI=1S/C53H58O5P2/c1-50(2,42-24-13-8-14-25-42)45-31-33-49(41(34-45)23-19-22-40-20-11-7-12-21-40)59-54-36-53(37-55-59)38-56-60(57-39-53)58-48-32-30-46(51(3,4)43-26-15-9-16-27-43)35-47(48)52(5,6)44-28-17-10-18-29-44/h7-18,20-21,24-35H,19,22-23,36-39H2,1-6H3. The molecule has 2 saturated heterocycles. The predicted octanol–water partition coefficient (Wildman–Crippen LogP) is 13.2. The fraction of sp³-hybridized carbons (Fsp3) is 0.321. The molecular formula is C53H58O5P2. The van der Waals surface area contributed by atoms with E-state index in [1.165, 1.54) is 38.9 Å². The fourth-order valence-electron chi connectivity index (χ4n) is 8.39. The summed E-state index contributed by atoms with van der Waals surface area (Å²) < 4.78 is 32.9. The number of rotatable bonds is 13. The van der Waals surface area contributed by atoms with Crippen molar-refractivity contribution >= 4 is 22.3 Å². The van der Waals surface area contributed by atoms with Crippen LogP contribution in [0.15, 0.2) is 158 Å². The summed E-state index contributed by atoms with van der Waals surface area (Å²) in [6.07, 6.45) is 3.01. The van der Waals surface area contributed by atoms with Gasteiger partial charge in [-0.2, -0.15) is 0 Å². The van der Waals surface area contributed by atoms with Crippen LogP contribution in [0.4, 0.5) is 0 Å². The predicted molar refractivity (Wildman–Crippen MR) is 247 cm³/mol. The van der Waals surface area contributed by atoms with Gasteiger partial charge < -0.3 is 22.6 Å². The van der Waals surface area contributed by atoms with Gasteiger partial charge in [0.2, 0.25) is 8.38 Å². The molecule has 8 rings (SSSR count). The molecule has 0 saturated carbocycles. The molecule has 2 heterocycles. The van der Waals surface area contributed by atoms with Crippen molar-refractivity contribution in [2.75, 3.05) is 26.4 Å². The Morgan fingerprint density at radius 2 is 0.950 bits per heavy atom. The van der Waals surface area contributed by atoms with Crippen LogP contribution in [-0.4, -0.2) is 26.4 Å². The van der Waals surface area contributed by atoms with E-state index >= 15 is 0 Å². The van der Waals surface area contributed by atoms with Gasteiger partial charge in [-0.15, -0.1) is 0 Å². The number of benzene rings is 6. The number of aryl methyl sites for hydroxylation is 2. The molecule has 0 aromatic heterocycles. The lowest BCUT2D eigenvalue weighted by molar-refractivity contribution is -0.0590. The minimum atomic E-state index is -1.64. The SMILES string of the molecule is CC(C)(c1ccccc1)c1ccc(P2OCC3(COP(Oc4ccc(C(C)(C)c5ccccc5)cc4C(C)(C)c4ccccc4)OC3)CO2)c(CCCc2ccccc2)c1. The normalized spacial score (nSPS) is 19.9. The van der Waals surface area contributed by atoms with E-state index in [4.69, 9.17) is 22.6 Å². The van der Waals surface area contributed by atoms with Crippen LogP contribution in [0.2, 0.25) is 0 Å². The summed E-state index contributed by atoms with van der Waals surface area (Å²) in [7, 11) is -2.91. The highest BCUT2D eigenvalue weighted by Crippen LogP contribution is 2.54. The van der Waals surface area contributed by atoms with Gasteiger partial charge in [-0.05, 0) is 70.3 Å². The van der Waals surface area contributed by atoms with Crippen molar-refractivity contribution < 1.29 is 22.6 Å². The molecule has 2 aliphatic heterocycles. The third-order valence-electron chi connectivity index (χ3n) is 12.7. The third kappa shape index (κ3) is 9.19. The average Bonchev–Trinajstić information content (AvgIpc) is 3.29. The highest BCUT2D eigenvalue weighted by molar-refractivity contribution is 7.56. The second-order valence-electron chi connectivity index (χ2n) is 18.0. The van der Waals surface area contributed by atoms with Crippen molar-refractivity contribution in [3.05, 3.63) is 202 Å². The summed E-state index contributed by atoms with van der Waals surface area (Å²) in [5, 5.41) is 1.16. The van der Waals surface area contributed by atoms with E-state index in [1.54, 1.807) is 0 Å². The molecule has 0 bridgehead atoms. The van der Waals surface area contributed by atoms with Crippen molar-refractivity contribution in [3.8, 4) is 5.75 Å². The minimum absolute atomic E-state index is 0.143. The molecule has 6 aromatic carbocycles. The highest BCUT2D eigenvalue weighted by atomic mass is 31.2. The van der Waals surface area contributed by atoms with E-state index in [9.17, 15) is 0 Å². The summed E-state index contributed by atoms with van der Waals surface area (Å²) >= 11 is 0. The first-order chi connectivity index (χ1) is 28.9. The molecule has 1 spiro atoms. The van der Waals surface area contributed by atoms with Crippen LogP contribution in [0.3, 0.4) is 0 Å². The minimum Gasteiger partial charge on any atom is -0.426 e. The quantitative estimate of drug-likeness (QED) is 0.108. The molecule has 7 heteroatoms. The lowest BCUT2D eigenvalue weighted by Crippen LogP contribution is -2.45. The Labute approximate surface area is 360 Å². The molecule has 0 unspecified atom stereocenters. The van der Waals surface area contributed by atoms with Crippen molar-refractivity contribution in [2.45, 2.75) is 77.0 Å². The molecule has 2 aliphatic rings. The zero-order valence-electron chi connectivity index (χ0n) is 35.9. The van der Waals surface area contributed by atoms with Gasteiger partial charge in [-0.3, -0.25) is 0 Å². The Morgan fingerprint density at radius 3 is 1.50 bits per heavy atom. The summed E-state index contributed by atoms with van der Waals surface area (Å²) in [6, 6.07) is 56.3. The molecule has 0 N–H and O–H groups in total. The first-order valence-corrected chi connectivity index (χ1v) is 23.5. The van der Waals surface area contributed by atoms with E-state index in [1.807, 2.05) is 0 Å². The Hall–Kier alpha value is -4.18. The van der Waals surface area contributed by atoms with E-state index in [2.05, 4.69) is 199 Å². The van der Waals surface area contributed by atoms with E-state index in [-0.39, 0.29) is 16.2 Å². The van der Waals surface area contributed by atoms with Crippen molar-refractivity contribution in [2.24, 2.45) is 5.41 Å². The van der Waals surface area contributed by atoms with Crippen LogP contribution in [0.25, 0.3) is 0 Å². The molecule has 0 aliphatic carbocycles. The Balaban J connectivity index is 0.968. The van der Waals surface area contributed by atoms with Crippen LogP contribution in [0.1, 0.15) is 92.5 Å². The van der Waals surface area contributed by atoms with Crippen molar-refractivity contribution in [3.63, 3.8) is 0 Å². The summed E-state index contributed by atoms with van der Waals surface area (Å²) in [5.41, 5.74) is 8.95. The van der Waals surface area contributed by atoms with Gasteiger partial charge >= 0.3 is 8.60 Å². The van der Waals surface area contributed by atoms with Gasteiger partial charge in [0.1, 0.15) is 5.75 Å². The summed E-state index contributed by atoms with van der Waals surface area (Å²) in [6.45, 7) is 15.6. The Kier molecular flexibility index (Phi) is 12.8. The molecule has 310 valence electrons. The monoisotopic (exact) mass is 836 g/mol. The van der Waals surface area contributed by atoms with E-state index < -0.39 is 22.4 Å². The van der Waals surface area contributed by atoms with Gasteiger partial charge in [0.25, 0.3) is 0 Å². The van der Waals surface area contributed by atoms with E-state index in [0.29, 0.717) is 26.4 Å². The average molecular weight is 837 g/mol. The molecule has 5 nitrogen and oxygen atoms in total. The van der Waals surface area contributed by atoms with Gasteiger partial charge in [-0.1, -0.05) is 187 Å². The Morgan fingerprint density at radius 1 is 0.483 bits per heavy atom. The Bertz CT molecular complexity index is 2310. The molecule has 60 heavy (non-hydrogen) atoms. The molecule has 0 amide bonds. The molecule has 6 aromatic rings. The lowest BCUT2D eigenvalue weighted by Gasteiger charge is -2.42. The zero-order valence-corrected chi connectivity index (χ0v) is 37.7. The molecule has 2 fully saturated rings. The largest absolute Gasteiger partial charge is 0.426 e. The van der Waals surface area contributed by atoms with Gasteiger partial charge in [0, 0.05) is 27.1 Å². The first-order valence-electron chi connectivity index (χ1n) is 21.2. The third-order valence-corrected chi connectivity index (χ3v) is 15.3. The van der Waals surface area contributed by atoms with Crippen LogP contribution in [-0.2, 0) is 47.2 Å². The first kappa shape index (κ1) is 42.5. The fourth-order valence-corrected chi connectivity index (χ4v) is 11.4. The van der Waals surface area contributed by atoms with Crippen LogP contribution < -0.4 is 9.83 Å². The maximum atomic E-state index is 6.69. The number of hydrogen-bond donors (Lipinski definition) is 0. The second kappa shape index (κ2) is 18.0. The van der Waals surface area contributed by atoms with Crippen molar-refractivity contribution in [1.29, 1.82) is 0 Å². The second-order valence-corrected chi connectivity index (χ2v) is 20.7. The van der Waals surface area contributed by atoms with Crippen LogP contribution in [0.5, 0.6) is 5.75 Å². The van der Waals surface area contributed by atoms with Crippen molar-refractivity contribution in [1.82, 2.24) is 0 Å². The smallest absolute Gasteiger partial charge is 0.397 e. The highest BCUT2D eigenvalue weighted by Gasteiger charge is 2.45. The maximum absolute atomic E-state index is 6.69. The van der Waals surface area contributed by atoms with Gasteiger partial charge in [-0.25, -0.2) is 0 Å². The van der Waals surface area contributed by atoms with Gasteiger partial charge in [0.15, 0.2) is 0 Å². The van der Waals surface area contributed by atoms with E-state index in [0.717, 1.165) is 35.9 Å². The lowest BCUT2D eigenvalue weighted by atomic mass is 9.73. The molecular weight excluding hydrogens is 779 g/mol. The van der Waals surface area contributed by atoms with Crippen LogP contribution in [0, 0.1) is 5.41 Å².